The predicted octanol–water partition coefficient (Wildman–Crippen LogP) is 3.59. The third kappa shape index (κ3) is 2.01. The van der Waals surface area contributed by atoms with E-state index in [2.05, 4.69) is 36.1 Å². The Morgan fingerprint density at radius 2 is 2.12 bits per heavy atom. The Bertz CT molecular complexity index is 383. The first-order valence-electron chi connectivity index (χ1n) is 7.22. The van der Waals surface area contributed by atoms with E-state index >= 15 is 0 Å². The van der Waals surface area contributed by atoms with E-state index in [0.29, 0.717) is 0 Å². The minimum Gasteiger partial charge on any atom is -0.300 e. The number of hydrogen-bond acceptors (Lipinski definition) is 1. The van der Waals surface area contributed by atoms with E-state index in [0.717, 1.165) is 12.0 Å². The summed E-state index contributed by atoms with van der Waals surface area (Å²) in [5.74, 6) is 0.820. The first-order valence-corrected chi connectivity index (χ1v) is 7.22. The first kappa shape index (κ1) is 11.3. The van der Waals surface area contributed by atoms with Gasteiger partial charge in [0.15, 0.2) is 0 Å². The fourth-order valence-electron chi connectivity index (χ4n) is 3.87. The van der Waals surface area contributed by atoms with Gasteiger partial charge in [-0.25, -0.2) is 0 Å². The van der Waals surface area contributed by atoms with Gasteiger partial charge in [-0.15, -0.1) is 0 Å². The van der Waals surface area contributed by atoms with Crippen LogP contribution in [0.15, 0.2) is 24.3 Å². The molecule has 0 saturated carbocycles. The Morgan fingerprint density at radius 1 is 1.24 bits per heavy atom. The average Bonchev–Trinajstić information content (AvgIpc) is 2.39. The van der Waals surface area contributed by atoms with Gasteiger partial charge >= 0.3 is 0 Å². The number of nitrogens with zero attached hydrogens (tertiary/aromatic N) is 1. The van der Waals surface area contributed by atoms with E-state index < -0.39 is 0 Å². The van der Waals surface area contributed by atoms with Crippen LogP contribution < -0.4 is 0 Å². The van der Waals surface area contributed by atoms with Crippen LogP contribution in [0.1, 0.15) is 49.7 Å². The summed E-state index contributed by atoms with van der Waals surface area (Å²) in [6.07, 6.45) is 6.75. The highest BCUT2D eigenvalue weighted by Crippen LogP contribution is 2.40. The zero-order valence-corrected chi connectivity index (χ0v) is 10.9. The monoisotopic (exact) mass is 229 g/mol. The van der Waals surface area contributed by atoms with Crippen LogP contribution in [0.2, 0.25) is 0 Å². The molecule has 2 atom stereocenters. The summed E-state index contributed by atoms with van der Waals surface area (Å²) in [4.78, 5) is 2.75. The summed E-state index contributed by atoms with van der Waals surface area (Å²) in [6, 6.07) is 9.97. The number of benzene rings is 1. The van der Waals surface area contributed by atoms with Gasteiger partial charge in [-0.2, -0.15) is 0 Å². The third-order valence-electron chi connectivity index (χ3n) is 4.57. The molecule has 1 aromatic carbocycles. The Labute approximate surface area is 105 Å². The molecular formula is C16H23N. The largest absolute Gasteiger partial charge is 0.300 e. The lowest BCUT2D eigenvalue weighted by Gasteiger charge is -2.45. The van der Waals surface area contributed by atoms with Gasteiger partial charge in [0.25, 0.3) is 0 Å². The van der Waals surface area contributed by atoms with Crippen molar-refractivity contribution in [2.75, 3.05) is 13.1 Å². The predicted molar refractivity (Wildman–Crippen MR) is 72.4 cm³/mol. The van der Waals surface area contributed by atoms with Crippen molar-refractivity contribution in [3.63, 3.8) is 0 Å². The van der Waals surface area contributed by atoms with Crippen molar-refractivity contribution in [1.82, 2.24) is 4.90 Å². The van der Waals surface area contributed by atoms with Crippen molar-refractivity contribution < 1.29 is 0 Å². The summed E-state index contributed by atoms with van der Waals surface area (Å²) in [5.41, 5.74) is 3.27. The number of likely N-dealkylation sites (tertiary alicyclic amines) is 1. The molecule has 1 nitrogen and oxygen atoms in total. The molecule has 1 fully saturated rings. The molecule has 1 saturated heterocycles. The summed E-state index contributed by atoms with van der Waals surface area (Å²) < 4.78 is 0. The second-order valence-electron chi connectivity index (χ2n) is 5.59. The summed E-state index contributed by atoms with van der Waals surface area (Å²) in [5, 5.41) is 0. The molecule has 1 heterocycles. The molecule has 0 N–H and O–H groups in total. The zero-order chi connectivity index (χ0) is 11.7. The van der Waals surface area contributed by atoms with Crippen molar-refractivity contribution in [3.8, 4) is 0 Å². The van der Waals surface area contributed by atoms with Gasteiger partial charge in [0, 0.05) is 6.04 Å². The minimum atomic E-state index is 0.820. The molecule has 2 aliphatic rings. The summed E-state index contributed by atoms with van der Waals surface area (Å²) in [7, 11) is 0. The van der Waals surface area contributed by atoms with Crippen molar-refractivity contribution in [1.29, 1.82) is 0 Å². The fourth-order valence-corrected chi connectivity index (χ4v) is 3.87. The van der Waals surface area contributed by atoms with Gasteiger partial charge in [0.2, 0.25) is 0 Å². The maximum Gasteiger partial charge on any atom is 0.0167 e. The lowest BCUT2D eigenvalue weighted by molar-refractivity contribution is 0.113. The standard InChI is InChI=1S/C16H23N/c1-2-11-17-12-5-8-15-14-7-4-3-6-13(14)9-10-16(15)17/h3-4,6-7,15-16H,2,5,8-12H2,1H3/t15-,16-/m1/s1. The highest BCUT2D eigenvalue weighted by atomic mass is 15.2. The van der Waals surface area contributed by atoms with Crippen LogP contribution in [0.5, 0.6) is 0 Å². The molecule has 17 heavy (non-hydrogen) atoms. The molecule has 1 aromatic rings. The minimum absolute atomic E-state index is 0.820. The number of fused-ring (bicyclic) bond motifs is 3. The van der Waals surface area contributed by atoms with Gasteiger partial charge in [-0.3, -0.25) is 4.90 Å². The maximum atomic E-state index is 2.75. The fraction of sp³-hybridized carbons (Fsp3) is 0.625. The van der Waals surface area contributed by atoms with Gasteiger partial charge in [-0.1, -0.05) is 31.2 Å². The Morgan fingerprint density at radius 3 is 3.00 bits per heavy atom. The maximum absolute atomic E-state index is 2.75. The van der Waals surface area contributed by atoms with E-state index in [4.69, 9.17) is 0 Å². The Hall–Kier alpha value is -0.820. The lowest BCUT2D eigenvalue weighted by Crippen LogP contribution is -2.46. The lowest BCUT2D eigenvalue weighted by atomic mass is 9.74. The molecule has 92 valence electrons. The second kappa shape index (κ2) is 4.81. The van der Waals surface area contributed by atoms with E-state index in [1.54, 1.807) is 11.1 Å². The SMILES string of the molecule is CCCN1CCC[C@@H]2c3ccccc3CC[C@H]21. The topological polar surface area (TPSA) is 3.24 Å². The van der Waals surface area contributed by atoms with Gasteiger partial charge in [0.1, 0.15) is 0 Å². The molecule has 0 unspecified atom stereocenters. The van der Waals surface area contributed by atoms with Crippen LogP contribution in [0.3, 0.4) is 0 Å². The normalized spacial score (nSPS) is 28.5. The molecular weight excluding hydrogens is 206 g/mol. The van der Waals surface area contributed by atoms with Crippen LogP contribution in [-0.2, 0) is 6.42 Å². The number of hydrogen-bond donors (Lipinski definition) is 0. The highest BCUT2D eigenvalue weighted by molar-refractivity contribution is 5.34. The highest BCUT2D eigenvalue weighted by Gasteiger charge is 2.35. The van der Waals surface area contributed by atoms with E-state index in [9.17, 15) is 0 Å². The molecule has 0 bridgehead atoms. The quantitative estimate of drug-likeness (QED) is 0.749. The zero-order valence-electron chi connectivity index (χ0n) is 10.9. The van der Waals surface area contributed by atoms with Gasteiger partial charge in [0.05, 0.1) is 0 Å². The van der Waals surface area contributed by atoms with Crippen molar-refractivity contribution in [3.05, 3.63) is 35.4 Å². The second-order valence-corrected chi connectivity index (χ2v) is 5.59. The summed E-state index contributed by atoms with van der Waals surface area (Å²) in [6.45, 7) is 4.93. The van der Waals surface area contributed by atoms with Crippen molar-refractivity contribution in [2.24, 2.45) is 0 Å². The van der Waals surface area contributed by atoms with Crippen LogP contribution in [-0.4, -0.2) is 24.0 Å². The first-order chi connectivity index (χ1) is 8.40. The van der Waals surface area contributed by atoms with Crippen LogP contribution in [0.25, 0.3) is 0 Å². The van der Waals surface area contributed by atoms with Crippen LogP contribution in [0, 0.1) is 0 Å². The Balaban J connectivity index is 1.88. The molecule has 3 rings (SSSR count). The number of piperidine rings is 1. The third-order valence-corrected chi connectivity index (χ3v) is 4.57. The average molecular weight is 229 g/mol. The molecule has 0 spiro atoms. The molecule has 1 aliphatic heterocycles. The molecule has 1 aliphatic carbocycles. The van der Waals surface area contributed by atoms with Crippen molar-refractivity contribution >= 4 is 0 Å². The van der Waals surface area contributed by atoms with E-state index in [1.165, 1.54) is 45.2 Å². The molecule has 1 heteroatoms. The van der Waals surface area contributed by atoms with Crippen LogP contribution in [0.4, 0.5) is 0 Å². The Kier molecular flexibility index (Phi) is 3.19. The van der Waals surface area contributed by atoms with Crippen LogP contribution >= 0.6 is 0 Å². The number of rotatable bonds is 2. The van der Waals surface area contributed by atoms with Gasteiger partial charge < -0.3 is 0 Å². The smallest absolute Gasteiger partial charge is 0.0167 e. The molecule has 0 radical (unpaired) electrons. The van der Waals surface area contributed by atoms with Gasteiger partial charge in [-0.05, 0) is 62.2 Å². The van der Waals surface area contributed by atoms with Crippen molar-refractivity contribution in [2.45, 2.75) is 51.0 Å². The summed E-state index contributed by atoms with van der Waals surface area (Å²) >= 11 is 0. The van der Waals surface area contributed by atoms with E-state index in [-0.39, 0.29) is 0 Å². The molecule has 0 amide bonds. The van der Waals surface area contributed by atoms with E-state index in [1.807, 2.05) is 0 Å². The number of aryl methyl sites for hydroxylation is 1. The molecule has 0 aromatic heterocycles.